The quantitative estimate of drug-likeness (QED) is 0.578. The van der Waals surface area contributed by atoms with Gasteiger partial charge in [0.1, 0.15) is 5.82 Å². The number of nitrogens with one attached hydrogen (secondary N) is 3. The van der Waals surface area contributed by atoms with Crippen LogP contribution in [0.1, 0.15) is 27.7 Å². The number of nitrogens with two attached hydrogens (primary N) is 1. The van der Waals surface area contributed by atoms with Gasteiger partial charge >= 0.3 is 0 Å². The fraction of sp³-hybridized carbons (Fsp3) is 0.308. The molecule has 0 bridgehead atoms. The van der Waals surface area contributed by atoms with E-state index in [9.17, 15) is 14.4 Å². The van der Waals surface area contributed by atoms with Crippen molar-refractivity contribution in [2.75, 3.05) is 17.6 Å². The van der Waals surface area contributed by atoms with Crippen molar-refractivity contribution in [2.45, 2.75) is 6.42 Å². The molecular weight excluding hydrogens is 405 g/mol. The molecule has 0 saturated carbocycles. The number of carbonyl (C=O) groups excluding carboxylic acids is 3. The summed E-state index contributed by atoms with van der Waals surface area (Å²) in [6, 6.07) is 0. The summed E-state index contributed by atoms with van der Waals surface area (Å²) in [5.74, 6) is -1.24. The van der Waals surface area contributed by atoms with Gasteiger partial charge in [-0.2, -0.15) is 0 Å². The molecule has 0 spiro atoms. The Kier molecular flexibility index (Phi) is 7.25. The van der Waals surface area contributed by atoms with Crippen LogP contribution in [0.3, 0.4) is 0 Å². The summed E-state index contributed by atoms with van der Waals surface area (Å²) in [6.07, 6.45) is 2.88. The number of rotatable bonds is 6. The smallest absolute Gasteiger partial charge is 0.292 e. The maximum atomic E-state index is 12.1. The van der Waals surface area contributed by atoms with E-state index < -0.39 is 17.7 Å². The van der Waals surface area contributed by atoms with E-state index in [2.05, 4.69) is 20.6 Å². The molecule has 2 aromatic rings. The van der Waals surface area contributed by atoms with Crippen molar-refractivity contribution in [3.63, 3.8) is 0 Å². The third-order valence-electron chi connectivity index (χ3n) is 3.06. The van der Waals surface area contributed by atoms with Gasteiger partial charge in [-0.3, -0.25) is 9.59 Å². The molecule has 3 amide bonds. The van der Waals surface area contributed by atoms with Gasteiger partial charge in [0.15, 0.2) is 5.82 Å². The van der Waals surface area contributed by atoms with Crippen LogP contribution in [0.15, 0.2) is 12.4 Å². The van der Waals surface area contributed by atoms with Crippen LogP contribution in [0.25, 0.3) is 5.73 Å². The number of nitrogen functional groups attached to an aromatic ring is 1. The Morgan fingerprint density at radius 2 is 1.72 bits per heavy atom. The van der Waals surface area contributed by atoms with E-state index in [4.69, 9.17) is 11.5 Å². The predicted octanol–water partition coefficient (Wildman–Crippen LogP) is -0.316. The molecule has 0 fully saturated rings. The zero-order valence-corrected chi connectivity index (χ0v) is 16.6. The maximum Gasteiger partial charge on any atom is 0.292 e. The first-order valence-electron chi connectivity index (χ1n) is 6.94. The fourth-order valence-corrected chi connectivity index (χ4v) is 1.98. The molecule has 2 aromatic heterocycles. The Bertz CT molecular complexity index is 797. The Morgan fingerprint density at radius 1 is 1.12 bits per heavy atom. The Labute approximate surface area is 168 Å². The number of nitrogens with zero attached hydrogens (tertiary/aromatic N) is 4. The molecule has 5 N–H and O–H groups in total. The average Bonchev–Trinajstić information content (AvgIpc) is 3.00. The SMILES string of the molecule is Cn1cc(NC(=O)c2nc(N)cn2C)nc1C(=O)NCCC([NH-])=O.[Y]. The largest absolute Gasteiger partial charge is 0.668 e. The van der Waals surface area contributed by atoms with Crippen LogP contribution in [-0.2, 0) is 51.6 Å². The molecule has 0 saturated heterocycles. The van der Waals surface area contributed by atoms with Crippen LogP contribution < -0.4 is 16.4 Å². The first-order valence-corrected chi connectivity index (χ1v) is 6.94. The second kappa shape index (κ2) is 8.72. The number of aromatic nitrogens is 4. The van der Waals surface area contributed by atoms with Crippen LogP contribution in [0.2, 0.25) is 0 Å². The van der Waals surface area contributed by atoms with E-state index in [0.29, 0.717) is 0 Å². The first-order chi connectivity index (χ1) is 11.3. The van der Waals surface area contributed by atoms with Gasteiger partial charge in [0.05, 0.1) is 5.91 Å². The van der Waals surface area contributed by atoms with E-state index in [-0.39, 0.29) is 69.0 Å². The molecular formula is C13H17N8O3Y-. The summed E-state index contributed by atoms with van der Waals surface area (Å²) in [5, 5.41) is 5.00. The van der Waals surface area contributed by atoms with E-state index in [1.165, 1.54) is 21.5 Å². The van der Waals surface area contributed by atoms with Crippen molar-refractivity contribution in [1.82, 2.24) is 24.4 Å². The molecule has 2 rings (SSSR count). The molecule has 1 radical (unpaired) electrons. The molecule has 0 atom stereocenters. The third-order valence-corrected chi connectivity index (χ3v) is 3.06. The normalized spacial score (nSPS) is 10.0. The van der Waals surface area contributed by atoms with Crippen molar-refractivity contribution in [3.8, 4) is 0 Å². The van der Waals surface area contributed by atoms with E-state index in [0.717, 1.165) is 0 Å². The topological polar surface area (TPSA) is 161 Å². The minimum absolute atomic E-state index is 0. The summed E-state index contributed by atoms with van der Waals surface area (Å²) in [4.78, 5) is 42.6. The number of anilines is 2. The van der Waals surface area contributed by atoms with Crippen LogP contribution in [0.4, 0.5) is 11.6 Å². The molecule has 0 aliphatic heterocycles. The van der Waals surface area contributed by atoms with Crippen molar-refractivity contribution >= 4 is 29.4 Å². The molecule has 12 heteroatoms. The second-order valence-electron chi connectivity index (χ2n) is 5.04. The van der Waals surface area contributed by atoms with Crippen molar-refractivity contribution in [2.24, 2.45) is 14.1 Å². The molecule has 25 heavy (non-hydrogen) atoms. The van der Waals surface area contributed by atoms with Gasteiger partial charge in [0, 0.05) is 72.2 Å². The van der Waals surface area contributed by atoms with Crippen molar-refractivity contribution in [1.29, 1.82) is 0 Å². The Morgan fingerprint density at radius 3 is 2.28 bits per heavy atom. The summed E-state index contributed by atoms with van der Waals surface area (Å²) in [5.41, 5.74) is 12.3. The number of hydrogen-bond acceptors (Lipinski definition) is 6. The van der Waals surface area contributed by atoms with E-state index >= 15 is 0 Å². The van der Waals surface area contributed by atoms with Crippen LogP contribution in [0, 0.1) is 0 Å². The number of aryl methyl sites for hydroxylation is 2. The van der Waals surface area contributed by atoms with Gasteiger partial charge in [-0.05, 0) is 0 Å². The van der Waals surface area contributed by atoms with Crippen molar-refractivity contribution < 1.29 is 47.1 Å². The number of amides is 3. The summed E-state index contributed by atoms with van der Waals surface area (Å²) in [6.45, 7) is 0.0439. The third kappa shape index (κ3) is 5.36. The second-order valence-corrected chi connectivity index (χ2v) is 5.04. The van der Waals surface area contributed by atoms with Crippen molar-refractivity contribution in [3.05, 3.63) is 29.8 Å². The molecule has 0 aliphatic carbocycles. The van der Waals surface area contributed by atoms with Crippen LogP contribution >= 0.6 is 0 Å². The fourth-order valence-electron chi connectivity index (χ4n) is 1.98. The van der Waals surface area contributed by atoms with Gasteiger partial charge in [-0.25, -0.2) is 9.97 Å². The minimum Gasteiger partial charge on any atom is -0.668 e. The molecule has 0 aromatic carbocycles. The zero-order valence-electron chi connectivity index (χ0n) is 13.7. The van der Waals surface area contributed by atoms with Gasteiger partial charge in [-0.1, -0.05) is 0 Å². The van der Waals surface area contributed by atoms with Crippen LogP contribution in [-0.4, -0.2) is 43.4 Å². The molecule has 131 valence electrons. The maximum absolute atomic E-state index is 12.1. The number of imidazole rings is 2. The number of carbonyl (C=O) groups is 3. The Hall–Kier alpha value is -2.27. The van der Waals surface area contributed by atoms with Crippen LogP contribution in [0.5, 0.6) is 0 Å². The monoisotopic (exact) mass is 422 g/mol. The predicted molar refractivity (Wildman–Crippen MR) is 85.1 cm³/mol. The molecule has 0 aliphatic rings. The Balaban J connectivity index is 0.00000312. The minimum atomic E-state index is -0.766. The summed E-state index contributed by atoms with van der Waals surface area (Å²) >= 11 is 0. The van der Waals surface area contributed by atoms with E-state index in [1.54, 1.807) is 14.1 Å². The molecule has 11 nitrogen and oxygen atoms in total. The van der Waals surface area contributed by atoms with Gasteiger partial charge in [0.2, 0.25) is 11.6 Å². The van der Waals surface area contributed by atoms with Gasteiger partial charge in [0.25, 0.3) is 11.8 Å². The molecule has 0 unspecified atom stereocenters. The standard InChI is InChI=1S/C13H18N8O3.Y/c1-20-5-7(14)17-11(20)13(24)19-9-6-21(2)10(18-9)12(23)16-4-3-8(15)22;/h5-6H,3-4,14H2,1-2H3,(H4,15,16,19,22,23,24);/p-1. The number of hydrogen-bond donors (Lipinski definition) is 3. The zero-order chi connectivity index (χ0) is 17.9. The van der Waals surface area contributed by atoms with Gasteiger partial charge < -0.3 is 36.0 Å². The summed E-state index contributed by atoms with van der Waals surface area (Å²) < 4.78 is 2.90. The first kappa shape index (κ1) is 20.8. The molecule has 2 heterocycles. The summed E-state index contributed by atoms with van der Waals surface area (Å²) in [7, 11) is 3.22. The average molecular weight is 422 g/mol. The van der Waals surface area contributed by atoms with Gasteiger partial charge in [-0.15, -0.1) is 0 Å². The van der Waals surface area contributed by atoms with E-state index in [1.807, 2.05) is 0 Å².